The number of nitrogens with zero attached hydrogens (tertiary/aromatic N) is 2. The van der Waals surface area contributed by atoms with Crippen molar-refractivity contribution in [3.63, 3.8) is 0 Å². The van der Waals surface area contributed by atoms with Crippen molar-refractivity contribution in [2.24, 2.45) is 10.2 Å². The van der Waals surface area contributed by atoms with E-state index in [9.17, 15) is 9.59 Å². The van der Waals surface area contributed by atoms with Gasteiger partial charge in [0.1, 0.15) is 0 Å². The third-order valence-electron chi connectivity index (χ3n) is 1.62. The van der Waals surface area contributed by atoms with Gasteiger partial charge in [-0.3, -0.25) is 9.59 Å². The number of rotatable bonds is 8. The van der Waals surface area contributed by atoms with Crippen LogP contribution < -0.4 is 0 Å². The van der Waals surface area contributed by atoms with E-state index < -0.39 is 5.97 Å². The van der Waals surface area contributed by atoms with Crippen molar-refractivity contribution >= 4 is 11.9 Å². The topological polar surface area (TPSA) is 88.3 Å². The highest BCUT2D eigenvalue weighted by molar-refractivity contribution is 5.69. The number of ether oxygens (including phenoxy) is 1. The van der Waals surface area contributed by atoms with Gasteiger partial charge in [-0.15, -0.1) is 0 Å². The molecular weight excluding hydrogens is 200 g/mol. The molecule has 1 N–H and O–H groups in total. The second-order valence-corrected chi connectivity index (χ2v) is 2.91. The summed E-state index contributed by atoms with van der Waals surface area (Å²) >= 11 is 0. The standard InChI is InChI=1S/C9H16N2O4/c1-15-9(14)5-3-7-11-10-6-2-4-8(12)13/h2-7H2,1H3,(H,12,13). The highest BCUT2D eigenvalue weighted by Gasteiger charge is 1.98. The normalized spacial score (nSPS) is 10.5. The summed E-state index contributed by atoms with van der Waals surface area (Å²) in [6.07, 6.45) is 1.55. The third-order valence-corrected chi connectivity index (χ3v) is 1.62. The predicted octanol–water partition coefficient (Wildman–Crippen LogP) is 1.26. The zero-order valence-electron chi connectivity index (χ0n) is 8.81. The quantitative estimate of drug-likeness (QED) is 0.376. The van der Waals surface area contributed by atoms with Gasteiger partial charge in [-0.05, 0) is 12.8 Å². The van der Waals surface area contributed by atoms with Crippen LogP contribution in [0.2, 0.25) is 0 Å². The average Bonchev–Trinajstić information content (AvgIpc) is 2.21. The Labute approximate surface area is 88.3 Å². The van der Waals surface area contributed by atoms with Crippen molar-refractivity contribution in [1.82, 2.24) is 0 Å². The molecule has 0 saturated heterocycles. The SMILES string of the molecule is COC(=O)CCCN=NCCCC(=O)O. The molecule has 0 unspecified atom stereocenters. The lowest BCUT2D eigenvalue weighted by molar-refractivity contribution is -0.140. The first-order valence-electron chi connectivity index (χ1n) is 4.78. The monoisotopic (exact) mass is 216 g/mol. The van der Waals surface area contributed by atoms with Crippen LogP contribution in [0.3, 0.4) is 0 Å². The largest absolute Gasteiger partial charge is 0.481 e. The molecule has 0 atom stereocenters. The molecule has 0 aliphatic rings. The molecule has 86 valence electrons. The predicted molar refractivity (Wildman–Crippen MR) is 52.7 cm³/mol. The molecule has 0 aliphatic heterocycles. The van der Waals surface area contributed by atoms with Crippen molar-refractivity contribution < 1.29 is 19.4 Å². The Morgan fingerprint density at radius 1 is 1.13 bits per heavy atom. The first kappa shape index (κ1) is 13.5. The highest BCUT2D eigenvalue weighted by Crippen LogP contribution is 1.94. The van der Waals surface area contributed by atoms with Crippen LogP contribution >= 0.6 is 0 Å². The molecule has 0 saturated carbocycles. The van der Waals surface area contributed by atoms with Gasteiger partial charge in [0.25, 0.3) is 0 Å². The molecule has 15 heavy (non-hydrogen) atoms. The van der Waals surface area contributed by atoms with Crippen molar-refractivity contribution in [3.05, 3.63) is 0 Å². The molecule has 0 spiro atoms. The van der Waals surface area contributed by atoms with Crippen LogP contribution in [0.4, 0.5) is 0 Å². The molecule has 0 bridgehead atoms. The van der Waals surface area contributed by atoms with Gasteiger partial charge in [-0.25, -0.2) is 0 Å². The maximum Gasteiger partial charge on any atom is 0.305 e. The van der Waals surface area contributed by atoms with Gasteiger partial charge in [0, 0.05) is 12.8 Å². The fraction of sp³-hybridized carbons (Fsp3) is 0.778. The summed E-state index contributed by atoms with van der Waals surface area (Å²) < 4.78 is 4.45. The van der Waals surface area contributed by atoms with Gasteiger partial charge < -0.3 is 9.84 Å². The van der Waals surface area contributed by atoms with E-state index in [-0.39, 0.29) is 12.4 Å². The van der Waals surface area contributed by atoms with E-state index in [1.807, 2.05) is 0 Å². The lowest BCUT2D eigenvalue weighted by Gasteiger charge is -1.95. The van der Waals surface area contributed by atoms with E-state index in [4.69, 9.17) is 5.11 Å². The summed E-state index contributed by atoms with van der Waals surface area (Å²) in [5.74, 6) is -1.08. The molecule has 6 nitrogen and oxygen atoms in total. The number of carboxylic acid groups (broad SMARTS) is 1. The first-order valence-corrected chi connectivity index (χ1v) is 4.78. The lowest BCUT2D eigenvalue weighted by Crippen LogP contribution is -2.00. The second kappa shape index (κ2) is 9.11. The minimum Gasteiger partial charge on any atom is -0.481 e. The van der Waals surface area contributed by atoms with Crippen LogP contribution in [-0.4, -0.2) is 37.2 Å². The summed E-state index contributed by atoms with van der Waals surface area (Å²) in [4.78, 5) is 20.8. The molecule has 0 aliphatic carbocycles. The fourth-order valence-corrected chi connectivity index (χ4v) is 0.839. The summed E-state index contributed by atoms with van der Waals surface area (Å²) in [5.41, 5.74) is 0. The maximum atomic E-state index is 10.7. The van der Waals surface area contributed by atoms with E-state index >= 15 is 0 Å². The molecule has 0 amide bonds. The van der Waals surface area contributed by atoms with Crippen molar-refractivity contribution in [3.8, 4) is 0 Å². The van der Waals surface area contributed by atoms with E-state index in [0.717, 1.165) is 0 Å². The Bertz CT molecular complexity index is 228. The molecule has 0 radical (unpaired) electrons. The Hall–Kier alpha value is -1.46. The van der Waals surface area contributed by atoms with E-state index in [1.165, 1.54) is 7.11 Å². The average molecular weight is 216 g/mol. The van der Waals surface area contributed by atoms with Crippen LogP contribution in [0, 0.1) is 0 Å². The van der Waals surface area contributed by atoms with Crippen LogP contribution in [0.25, 0.3) is 0 Å². The molecule has 0 heterocycles. The van der Waals surface area contributed by atoms with Crippen molar-refractivity contribution in [1.29, 1.82) is 0 Å². The Kier molecular flexibility index (Phi) is 8.22. The number of azo groups is 1. The Morgan fingerprint density at radius 2 is 1.67 bits per heavy atom. The van der Waals surface area contributed by atoms with Gasteiger partial charge in [0.05, 0.1) is 20.2 Å². The van der Waals surface area contributed by atoms with Crippen molar-refractivity contribution in [2.45, 2.75) is 25.7 Å². The fourth-order valence-electron chi connectivity index (χ4n) is 0.839. The molecular formula is C9H16N2O4. The van der Waals surface area contributed by atoms with Crippen LogP contribution in [0.15, 0.2) is 10.2 Å². The highest BCUT2D eigenvalue weighted by atomic mass is 16.5. The number of hydrogen-bond acceptors (Lipinski definition) is 5. The molecule has 0 aromatic rings. The minimum absolute atomic E-state index is 0.112. The number of carbonyl (C=O) groups excluding carboxylic acids is 1. The summed E-state index contributed by atoms with van der Waals surface area (Å²) in [7, 11) is 1.34. The summed E-state index contributed by atoms with van der Waals surface area (Å²) in [5, 5.41) is 15.9. The number of methoxy groups -OCH3 is 1. The van der Waals surface area contributed by atoms with E-state index in [1.54, 1.807) is 0 Å². The van der Waals surface area contributed by atoms with Gasteiger partial charge in [0.2, 0.25) is 0 Å². The number of carboxylic acids is 1. The number of hydrogen-bond donors (Lipinski definition) is 1. The molecule has 0 aromatic heterocycles. The molecule has 0 fully saturated rings. The smallest absolute Gasteiger partial charge is 0.305 e. The van der Waals surface area contributed by atoms with Gasteiger partial charge in [0.15, 0.2) is 0 Å². The number of esters is 1. The maximum absolute atomic E-state index is 10.7. The Morgan fingerprint density at radius 3 is 2.13 bits per heavy atom. The third kappa shape index (κ3) is 10.5. The lowest BCUT2D eigenvalue weighted by atomic mass is 10.3. The van der Waals surface area contributed by atoms with E-state index in [0.29, 0.717) is 32.4 Å². The number of carbonyl (C=O) groups is 2. The Balaban J connectivity index is 3.24. The minimum atomic E-state index is -0.823. The van der Waals surface area contributed by atoms with Crippen LogP contribution in [-0.2, 0) is 14.3 Å². The van der Waals surface area contributed by atoms with E-state index in [2.05, 4.69) is 15.0 Å². The first-order chi connectivity index (χ1) is 7.16. The van der Waals surface area contributed by atoms with Gasteiger partial charge in [-0.2, -0.15) is 10.2 Å². The van der Waals surface area contributed by atoms with Gasteiger partial charge in [-0.1, -0.05) is 0 Å². The second-order valence-electron chi connectivity index (χ2n) is 2.91. The van der Waals surface area contributed by atoms with Crippen LogP contribution in [0.1, 0.15) is 25.7 Å². The number of aliphatic carboxylic acids is 1. The zero-order valence-corrected chi connectivity index (χ0v) is 8.81. The summed E-state index contributed by atoms with van der Waals surface area (Å²) in [6.45, 7) is 0.896. The zero-order chi connectivity index (χ0) is 11.5. The molecule has 0 rings (SSSR count). The molecule has 0 aromatic carbocycles. The van der Waals surface area contributed by atoms with Gasteiger partial charge >= 0.3 is 11.9 Å². The molecule has 6 heteroatoms. The van der Waals surface area contributed by atoms with Crippen molar-refractivity contribution in [2.75, 3.05) is 20.2 Å². The summed E-state index contributed by atoms with van der Waals surface area (Å²) in [6, 6.07) is 0. The van der Waals surface area contributed by atoms with Crippen LogP contribution in [0.5, 0.6) is 0 Å².